The Labute approximate surface area is 81.2 Å². The molecular formula is C8H20N2O2S. The number of hydrogen-bond donors (Lipinski definition) is 2. The molecule has 0 amide bonds. The Kier molecular flexibility index (Phi) is 6.28. The molecule has 0 bridgehead atoms. The summed E-state index contributed by atoms with van der Waals surface area (Å²) in [4.78, 5) is 0. The van der Waals surface area contributed by atoms with Gasteiger partial charge in [-0.25, -0.2) is 13.1 Å². The summed E-state index contributed by atoms with van der Waals surface area (Å²) in [6.07, 6.45) is 0.896. The zero-order valence-corrected chi connectivity index (χ0v) is 9.45. The monoisotopic (exact) mass is 208 g/mol. The van der Waals surface area contributed by atoms with Crippen molar-refractivity contribution in [2.24, 2.45) is 5.92 Å². The summed E-state index contributed by atoms with van der Waals surface area (Å²) in [6, 6.07) is 0. The van der Waals surface area contributed by atoms with Crippen LogP contribution in [0.15, 0.2) is 0 Å². The second-order valence-corrected chi connectivity index (χ2v) is 5.14. The van der Waals surface area contributed by atoms with E-state index in [4.69, 9.17) is 0 Å². The van der Waals surface area contributed by atoms with Crippen LogP contribution in [0, 0.1) is 5.92 Å². The molecule has 1 unspecified atom stereocenters. The van der Waals surface area contributed by atoms with Crippen LogP contribution in [0.3, 0.4) is 0 Å². The molecule has 0 heterocycles. The van der Waals surface area contributed by atoms with Gasteiger partial charge in [0, 0.05) is 13.1 Å². The lowest BCUT2D eigenvalue weighted by atomic mass is 10.2. The van der Waals surface area contributed by atoms with Crippen LogP contribution in [0.2, 0.25) is 0 Å². The second kappa shape index (κ2) is 6.34. The summed E-state index contributed by atoms with van der Waals surface area (Å²) in [5, 5.41) is 2.88. The van der Waals surface area contributed by atoms with Gasteiger partial charge in [0.15, 0.2) is 0 Å². The van der Waals surface area contributed by atoms with Crippen LogP contribution in [0.1, 0.15) is 20.3 Å². The minimum atomic E-state index is -3.06. The molecule has 0 aromatic carbocycles. The van der Waals surface area contributed by atoms with Gasteiger partial charge in [0.1, 0.15) is 0 Å². The lowest BCUT2D eigenvalue weighted by Gasteiger charge is -2.10. The summed E-state index contributed by atoms with van der Waals surface area (Å²) in [5.74, 6) is 0.458. The number of sulfonamides is 1. The Hall–Kier alpha value is -0.130. The molecule has 0 saturated heterocycles. The van der Waals surface area contributed by atoms with Crippen molar-refractivity contribution >= 4 is 10.0 Å². The van der Waals surface area contributed by atoms with Gasteiger partial charge in [0.2, 0.25) is 10.0 Å². The van der Waals surface area contributed by atoms with E-state index in [0.717, 1.165) is 6.42 Å². The van der Waals surface area contributed by atoms with E-state index in [1.54, 1.807) is 7.05 Å². The van der Waals surface area contributed by atoms with Crippen LogP contribution in [0.4, 0.5) is 0 Å². The van der Waals surface area contributed by atoms with Crippen molar-refractivity contribution in [1.82, 2.24) is 10.0 Å². The Balaban J connectivity index is 3.81. The van der Waals surface area contributed by atoms with E-state index in [-0.39, 0.29) is 11.7 Å². The maximum absolute atomic E-state index is 11.3. The fourth-order valence-corrected chi connectivity index (χ4v) is 2.40. The zero-order chi connectivity index (χ0) is 10.3. The molecule has 80 valence electrons. The molecule has 4 nitrogen and oxygen atoms in total. The molecule has 0 fully saturated rings. The van der Waals surface area contributed by atoms with Gasteiger partial charge < -0.3 is 5.32 Å². The van der Waals surface area contributed by atoms with Crippen LogP contribution < -0.4 is 10.0 Å². The van der Waals surface area contributed by atoms with E-state index in [1.807, 2.05) is 13.8 Å². The van der Waals surface area contributed by atoms with E-state index in [9.17, 15) is 8.42 Å². The lowest BCUT2D eigenvalue weighted by Crippen LogP contribution is -2.33. The highest BCUT2D eigenvalue weighted by atomic mass is 32.2. The van der Waals surface area contributed by atoms with E-state index >= 15 is 0 Å². The van der Waals surface area contributed by atoms with Crippen molar-refractivity contribution in [1.29, 1.82) is 0 Å². The van der Waals surface area contributed by atoms with Gasteiger partial charge in [-0.3, -0.25) is 0 Å². The number of hydrogen-bond acceptors (Lipinski definition) is 3. The summed E-state index contributed by atoms with van der Waals surface area (Å²) in [7, 11) is -1.26. The maximum atomic E-state index is 11.3. The Morgan fingerprint density at radius 1 is 1.31 bits per heavy atom. The average molecular weight is 208 g/mol. The van der Waals surface area contributed by atoms with Crippen LogP contribution >= 0.6 is 0 Å². The van der Waals surface area contributed by atoms with Crippen LogP contribution in [-0.2, 0) is 10.0 Å². The highest BCUT2D eigenvalue weighted by molar-refractivity contribution is 7.89. The molecular weight excluding hydrogens is 188 g/mol. The van der Waals surface area contributed by atoms with Crippen LogP contribution in [0.5, 0.6) is 0 Å². The average Bonchev–Trinajstić information content (AvgIpc) is 2.03. The van der Waals surface area contributed by atoms with Gasteiger partial charge in [-0.15, -0.1) is 0 Å². The van der Waals surface area contributed by atoms with Crippen molar-refractivity contribution in [2.45, 2.75) is 20.3 Å². The van der Waals surface area contributed by atoms with E-state index in [1.165, 1.54) is 0 Å². The Morgan fingerprint density at radius 3 is 2.38 bits per heavy atom. The first-order valence-corrected chi connectivity index (χ1v) is 6.29. The van der Waals surface area contributed by atoms with Gasteiger partial charge in [-0.1, -0.05) is 20.3 Å². The van der Waals surface area contributed by atoms with Crippen LogP contribution in [0.25, 0.3) is 0 Å². The summed E-state index contributed by atoms with van der Waals surface area (Å²) < 4.78 is 25.2. The van der Waals surface area contributed by atoms with Gasteiger partial charge in [-0.05, 0) is 13.0 Å². The number of likely N-dealkylation sites (N-methyl/N-ethyl adjacent to an activating group) is 1. The normalized spacial score (nSPS) is 14.4. The highest BCUT2D eigenvalue weighted by Crippen LogP contribution is 2.03. The third-order valence-corrected chi connectivity index (χ3v) is 3.55. The molecule has 0 radical (unpaired) electrons. The molecule has 5 heteroatoms. The maximum Gasteiger partial charge on any atom is 0.211 e. The van der Waals surface area contributed by atoms with Crippen LogP contribution in [-0.4, -0.2) is 34.3 Å². The molecule has 0 aliphatic rings. The first-order chi connectivity index (χ1) is 6.02. The quantitative estimate of drug-likeness (QED) is 0.586. The predicted molar refractivity (Wildman–Crippen MR) is 55.2 cm³/mol. The standard InChI is InChI=1S/C8H20N2O2S/c1-4-8(2)7-13(11,12)10-6-5-9-3/h8-10H,4-7H2,1-3H3. The molecule has 0 aliphatic heterocycles. The fourth-order valence-electron chi connectivity index (χ4n) is 0.883. The first-order valence-electron chi connectivity index (χ1n) is 4.63. The summed E-state index contributed by atoms with van der Waals surface area (Å²) in [6.45, 7) is 5.07. The molecule has 0 rings (SSSR count). The van der Waals surface area contributed by atoms with Crippen molar-refractivity contribution < 1.29 is 8.42 Å². The van der Waals surface area contributed by atoms with Gasteiger partial charge in [-0.2, -0.15) is 0 Å². The Morgan fingerprint density at radius 2 is 1.92 bits per heavy atom. The first kappa shape index (κ1) is 12.9. The molecule has 0 aliphatic carbocycles. The van der Waals surface area contributed by atoms with Crippen molar-refractivity contribution in [3.05, 3.63) is 0 Å². The third-order valence-electron chi connectivity index (χ3n) is 1.90. The van der Waals surface area contributed by atoms with Crippen molar-refractivity contribution in [3.8, 4) is 0 Å². The molecule has 0 saturated carbocycles. The van der Waals surface area contributed by atoms with E-state index in [2.05, 4.69) is 10.0 Å². The minimum Gasteiger partial charge on any atom is -0.318 e. The fraction of sp³-hybridized carbons (Fsp3) is 1.00. The molecule has 0 aromatic rings. The van der Waals surface area contributed by atoms with E-state index < -0.39 is 10.0 Å². The summed E-state index contributed by atoms with van der Waals surface area (Å²) in [5.41, 5.74) is 0. The largest absolute Gasteiger partial charge is 0.318 e. The van der Waals surface area contributed by atoms with E-state index in [0.29, 0.717) is 13.1 Å². The predicted octanol–water partition coefficient (Wildman–Crippen LogP) is 0.171. The van der Waals surface area contributed by atoms with Gasteiger partial charge in [0.25, 0.3) is 0 Å². The summed E-state index contributed by atoms with van der Waals surface area (Å²) >= 11 is 0. The van der Waals surface area contributed by atoms with Crippen molar-refractivity contribution in [2.75, 3.05) is 25.9 Å². The zero-order valence-electron chi connectivity index (χ0n) is 8.63. The number of rotatable bonds is 7. The number of nitrogens with one attached hydrogen (secondary N) is 2. The third kappa shape index (κ3) is 6.98. The molecule has 0 aromatic heterocycles. The molecule has 2 N–H and O–H groups in total. The topological polar surface area (TPSA) is 58.2 Å². The lowest BCUT2D eigenvalue weighted by molar-refractivity contribution is 0.551. The molecule has 0 spiro atoms. The Bertz CT molecular complexity index is 214. The molecule has 13 heavy (non-hydrogen) atoms. The SMILES string of the molecule is CCC(C)CS(=O)(=O)NCCNC. The van der Waals surface area contributed by atoms with Crippen molar-refractivity contribution in [3.63, 3.8) is 0 Å². The highest BCUT2D eigenvalue weighted by Gasteiger charge is 2.12. The minimum absolute atomic E-state index is 0.229. The molecule has 1 atom stereocenters. The van der Waals surface area contributed by atoms with Gasteiger partial charge >= 0.3 is 0 Å². The second-order valence-electron chi connectivity index (χ2n) is 3.29. The van der Waals surface area contributed by atoms with Gasteiger partial charge in [0.05, 0.1) is 5.75 Å². The smallest absolute Gasteiger partial charge is 0.211 e.